The molecule has 96 valence electrons. The Morgan fingerprint density at radius 1 is 1.65 bits per heavy atom. The van der Waals surface area contributed by atoms with Crippen molar-refractivity contribution in [3.8, 4) is 0 Å². The average molecular weight is 258 g/mol. The van der Waals surface area contributed by atoms with Crippen LogP contribution in [-0.2, 0) is 22.7 Å². The van der Waals surface area contributed by atoms with Gasteiger partial charge in [0.15, 0.2) is 5.13 Å². The summed E-state index contributed by atoms with van der Waals surface area (Å²) in [5, 5.41) is 10.2. The molecule has 17 heavy (non-hydrogen) atoms. The molecule has 1 atom stereocenters. The summed E-state index contributed by atoms with van der Waals surface area (Å²) in [4.78, 5) is 7.67. The maximum Gasteiger partial charge on any atom is 0.186 e. The van der Waals surface area contributed by atoms with Gasteiger partial charge in [0.05, 0.1) is 43.0 Å². The third kappa shape index (κ3) is 2.77. The number of aliphatic hydroxyl groups is 1. The SMILES string of the molecule is COCc1nc(N2CCOCC2C)sc1CO. The number of aliphatic hydroxyl groups excluding tert-OH is 1. The zero-order valence-corrected chi connectivity index (χ0v) is 11.0. The number of morpholine rings is 1. The number of hydrogen-bond donors (Lipinski definition) is 1. The molecule has 2 heterocycles. The largest absolute Gasteiger partial charge is 0.391 e. The highest BCUT2D eigenvalue weighted by molar-refractivity contribution is 7.15. The molecule has 1 aromatic rings. The monoisotopic (exact) mass is 258 g/mol. The highest BCUT2D eigenvalue weighted by Gasteiger charge is 2.23. The second-order valence-corrected chi connectivity index (χ2v) is 5.14. The predicted molar refractivity (Wildman–Crippen MR) is 66.4 cm³/mol. The molecule has 1 N–H and O–H groups in total. The number of thiazole rings is 1. The van der Waals surface area contributed by atoms with Gasteiger partial charge in [-0.25, -0.2) is 4.98 Å². The lowest BCUT2D eigenvalue weighted by Crippen LogP contribution is -2.43. The topological polar surface area (TPSA) is 54.8 Å². The molecule has 1 aliphatic rings. The summed E-state index contributed by atoms with van der Waals surface area (Å²) < 4.78 is 10.5. The first-order chi connectivity index (χ1) is 8.26. The van der Waals surface area contributed by atoms with Crippen molar-refractivity contribution in [1.29, 1.82) is 0 Å². The van der Waals surface area contributed by atoms with Gasteiger partial charge in [-0.2, -0.15) is 0 Å². The Kier molecular flexibility index (Phi) is 4.33. The summed E-state index contributed by atoms with van der Waals surface area (Å²) in [7, 11) is 1.64. The van der Waals surface area contributed by atoms with Gasteiger partial charge in [0, 0.05) is 13.7 Å². The first-order valence-electron chi connectivity index (χ1n) is 5.69. The fourth-order valence-corrected chi connectivity index (χ4v) is 2.93. The summed E-state index contributed by atoms with van der Waals surface area (Å²) >= 11 is 1.54. The Morgan fingerprint density at radius 2 is 2.47 bits per heavy atom. The summed E-state index contributed by atoms with van der Waals surface area (Å²) in [6, 6.07) is 0.330. The quantitative estimate of drug-likeness (QED) is 0.873. The Hall–Kier alpha value is -0.690. The highest BCUT2D eigenvalue weighted by atomic mass is 32.1. The van der Waals surface area contributed by atoms with Crippen LogP contribution in [0.1, 0.15) is 17.5 Å². The number of ether oxygens (including phenoxy) is 2. The fourth-order valence-electron chi connectivity index (χ4n) is 1.88. The van der Waals surface area contributed by atoms with Crippen molar-refractivity contribution in [2.45, 2.75) is 26.2 Å². The van der Waals surface area contributed by atoms with Crippen LogP contribution in [0.3, 0.4) is 0 Å². The summed E-state index contributed by atoms with van der Waals surface area (Å²) in [5.74, 6) is 0. The van der Waals surface area contributed by atoms with Crippen LogP contribution < -0.4 is 4.90 Å². The average Bonchev–Trinajstić information content (AvgIpc) is 2.73. The molecule has 1 aromatic heterocycles. The normalized spacial score (nSPS) is 20.9. The molecule has 0 radical (unpaired) electrons. The van der Waals surface area contributed by atoms with Crippen molar-refractivity contribution in [1.82, 2.24) is 4.98 Å². The van der Waals surface area contributed by atoms with E-state index in [9.17, 15) is 5.11 Å². The number of rotatable bonds is 4. The van der Waals surface area contributed by atoms with Crippen molar-refractivity contribution in [2.75, 3.05) is 31.8 Å². The number of hydrogen-bond acceptors (Lipinski definition) is 6. The van der Waals surface area contributed by atoms with Gasteiger partial charge < -0.3 is 19.5 Å². The molecule has 2 rings (SSSR count). The second kappa shape index (κ2) is 5.77. The van der Waals surface area contributed by atoms with Crippen molar-refractivity contribution in [2.24, 2.45) is 0 Å². The number of methoxy groups -OCH3 is 1. The van der Waals surface area contributed by atoms with Gasteiger partial charge >= 0.3 is 0 Å². The molecule has 1 unspecified atom stereocenters. The summed E-state index contributed by atoms with van der Waals surface area (Å²) in [6.07, 6.45) is 0. The van der Waals surface area contributed by atoms with E-state index in [-0.39, 0.29) is 6.61 Å². The lowest BCUT2D eigenvalue weighted by atomic mass is 10.3. The van der Waals surface area contributed by atoms with Crippen LogP contribution in [0.4, 0.5) is 5.13 Å². The molecule has 0 aliphatic carbocycles. The van der Waals surface area contributed by atoms with Crippen molar-refractivity contribution < 1.29 is 14.6 Å². The van der Waals surface area contributed by atoms with Gasteiger partial charge in [-0.1, -0.05) is 11.3 Å². The second-order valence-electron chi connectivity index (χ2n) is 4.07. The van der Waals surface area contributed by atoms with Gasteiger partial charge in [-0.15, -0.1) is 0 Å². The van der Waals surface area contributed by atoms with Gasteiger partial charge in [0.25, 0.3) is 0 Å². The van der Waals surface area contributed by atoms with Crippen molar-refractivity contribution >= 4 is 16.5 Å². The minimum absolute atomic E-state index is 0.0229. The van der Waals surface area contributed by atoms with Crippen LogP contribution in [0.5, 0.6) is 0 Å². The van der Waals surface area contributed by atoms with Crippen LogP contribution in [0.15, 0.2) is 0 Å². The van der Waals surface area contributed by atoms with E-state index in [2.05, 4.69) is 16.8 Å². The summed E-state index contributed by atoms with van der Waals surface area (Å²) in [6.45, 7) is 4.91. The molecule has 0 bridgehead atoms. The Bertz CT molecular complexity index is 370. The Balaban J connectivity index is 2.19. The van der Waals surface area contributed by atoms with E-state index < -0.39 is 0 Å². The molecular formula is C11H18N2O3S. The van der Waals surface area contributed by atoms with E-state index >= 15 is 0 Å². The molecule has 0 amide bonds. The molecule has 6 heteroatoms. The maximum absolute atomic E-state index is 9.29. The Morgan fingerprint density at radius 3 is 3.12 bits per heavy atom. The molecular weight excluding hydrogens is 240 g/mol. The van der Waals surface area contributed by atoms with Crippen molar-refractivity contribution in [3.63, 3.8) is 0 Å². The van der Waals surface area contributed by atoms with Gasteiger partial charge in [-0.05, 0) is 6.92 Å². The van der Waals surface area contributed by atoms with Crippen LogP contribution >= 0.6 is 11.3 Å². The minimum Gasteiger partial charge on any atom is -0.391 e. The number of nitrogens with zero attached hydrogens (tertiary/aromatic N) is 2. The number of aromatic nitrogens is 1. The third-order valence-electron chi connectivity index (χ3n) is 2.80. The molecule has 1 fully saturated rings. The van der Waals surface area contributed by atoms with Crippen LogP contribution in [0, 0.1) is 0 Å². The minimum atomic E-state index is 0.0229. The lowest BCUT2D eigenvalue weighted by molar-refractivity contribution is 0.0988. The first kappa shape index (κ1) is 12.8. The predicted octanol–water partition coefficient (Wildman–Crippen LogP) is 1.01. The maximum atomic E-state index is 9.29. The van der Waals surface area contributed by atoms with Gasteiger partial charge in [0.1, 0.15) is 0 Å². The van der Waals surface area contributed by atoms with Gasteiger partial charge in [0.2, 0.25) is 0 Å². The molecule has 0 aromatic carbocycles. The van der Waals surface area contributed by atoms with Crippen molar-refractivity contribution in [3.05, 3.63) is 10.6 Å². The zero-order valence-electron chi connectivity index (χ0n) is 10.2. The molecule has 1 saturated heterocycles. The standard InChI is InChI=1S/C11H18N2O3S/c1-8-6-16-4-3-13(8)11-12-9(7-15-2)10(5-14)17-11/h8,14H,3-7H2,1-2H3. The van der Waals surface area contributed by atoms with E-state index in [0.29, 0.717) is 12.6 Å². The molecule has 1 aliphatic heterocycles. The molecule has 0 spiro atoms. The van der Waals surface area contributed by atoms with E-state index in [1.807, 2.05) is 0 Å². The third-order valence-corrected chi connectivity index (χ3v) is 3.92. The van der Waals surface area contributed by atoms with Crippen LogP contribution in [-0.4, -0.2) is 43.0 Å². The van der Waals surface area contributed by atoms with E-state index in [0.717, 1.165) is 35.5 Å². The van der Waals surface area contributed by atoms with Gasteiger partial charge in [-0.3, -0.25) is 0 Å². The summed E-state index contributed by atoms with van der Waals surface area (Å²) in [5.41, 5.74) is 0.841. The van der Waals surface area contributed by atoms with Crippen LogP contribution in [0.2, 0.25) is 0 Å². The molecule has 5 nitrogen and oxygen atoms in total. The first-order valence-corrected chi connectivity index (χ1v) is 6.50. The van der Waals surface area contributed by atoms with E-state index in [4.69, 9.17) is 9.47 Å². The molecule has 0 saturated carbocycles. The van der Waals surface area contributed by atoms with E-state index in [1.54, 1.807) is 7.11 Å². The zero-order chi connectivity index (χ0) is 12.3. The Labute approximate surface area is 105 Å². The lowest BCUT2D eigenvalue weighted by Gasteiger charge is -2.32. The smallest absolute Gasteiger partial charge is 0.186 e. The fraction of sp³-hybridized carbons (Fsp3) is 0.727. The van der Waals surface area contributed by atoms with E-state index in [1.165, 1.54) is 11.3 Å². The van der Waals surface area contributed by atoms with Crippen LogP contribution in [0.25, 0.3) is 0 Å². The highest BCUT2D eigenvalue weighted by Crippen LogP contribution is 2.29. The number of anilines is 1.